The minimum atomic E-state index is -2.86. The molecule has 0 aromatic heterocycles. The van der Waals surface area contributed by atoms with Gasteiger partial charge in [-0.3, -0.25) is 4.79 Å². The van der Waals surface area contributed by atoms with E-state index in [0.29, 0.717) is 5.56 Å². The van der Waals surface area contributed by atoms with Crippen LogP contribution in [0.2, 0.25) is 0 Å². The van der Waals surface area contributed by atoms with Gasteiger partial charge in [-0.2, -0.15) is 8.78 Å². The van der Waals surface area contributed by atoms with Crippen molar-refractivity contribution in [2.24, 2.45) is 5.73 Å². The van der Waals surface area contributed by atoms with Crippen LogP contribution in [0.15, 0.2) is 24.3 Å². The fourth-order valence-corrected chi connectivity index (χ4v) is 1.84. The first-order valence-electron chi connectivity index (χ1n) is 5.66. The van der Waals surface area contributed by atoms with E-state index in [0.717, 1.165) is 12.8 Å². The van der Waals surface area contributed by atoms with E-state index < -0.39 is 6.61 Å². The van der Waals surface area contributed by atoms with Crippen molar-refractivity contribution in [3.8, 4) is 5.75 Å². The molecule has 1 amide bonds. The van der Waals surface area contributed by atoms with Crippen molar-refractivity contribution in [1.29, 1.82) is 0 Å². The van der Waals surface area contributed by atoms with Crippen LogP contribution in [0.5, 0.6) is 5.75 Å². The van der Waals surface area contributed by atoms with Gasteiger partial charge in [0, 0.05) is 17.6 Å². The number of amides is 1. The van der Waals surface area contributed by atoms with Crippen LogP contribution in [0.4, 0.5) is 8.78 Å². The first kappa shape index (κ1) is 12.8. The molecular formula is C12H14F2N2O2. The molecule has 0 spiro atoms. The lowest BCUT2D eigenvalue weighted by Gasteiger charge is -2.32. The monoisotopic (exact) mass is 256 g/mol. The summed E-state index contributed by atoms with van der Waals surface area (Å²) in [7, 11) is 0. The Kier molecular flexibility index (Phi) is 3.76. The number of carbonyl (C=O) groups excluding carboxylic acids is 1. The van der Waals surface area contributed by atoms with E-state index in [2.05, 4.69) is 10.1 Å². The largest absolute Gasteiger partial charge is 0.435 e. The maximum atomic E-state index is 11.9. The zero-order valence-electron chi connectivity index (χ0n) is 9.61. The van der Waals surface area contributed by atoms with Crippen molar-refractivity contribution >= 4 is 5.91 Å². The second kappa shape index (κ2) is 5.30. The molecule has 0 unspecified atom stereocenters. The molecule has 0 bridgehead atoms. The zero-order valence-corrected chi connectivity index (χ0v) is 9.61. The molecule has 3 N–H and O–H groups in total. The number of alkyl halides is 2. The molecule has 1 fully saturated rings. The summed E-state index contributed by atoms with van der Waals surface area (Å²) in [6.07, 6.45) is 1.55. The van der Waals surface area contributed by atoms with Crippen LogP contribution in [-0.4, -0.2) is 24.6 Å². The summed E-state index contributed by atoms with van der Waals surface area (Å²) in [5, 5.41) is 2.82. The van der Waals surface area contributed by atoms with E-state index >= 15 is 0 Å². The molecule has 6 heteroatoms. The molecule has 1 aliphatic rings. The molecule has 1 aromatic rings. The molecule has 1 saturated carbocycles. The number of nitrogens with two attached hydrogens (primary N) is 1. The summed E-state index contributed by atoms with van der Waals surface area (Å²) in [5.74, 6) is -0.192. The molecular weight excluding hydrogens is 242 g/mol. The summed E-state index contributed by atoms with van der Waals surface area (Å²) in [6, 6.07) is 5.86. The first-order valence-corrected chi connectivity index (χ1v) is 5.66. The number of benzene rings is 1. The maximum absolute atomic E-state index is 11.9. The lowest BCUT2D eigenvalue weighted by molar-refractivity contribution is -0.0498. The van der Waals surface area contributed by atoms with Crippen molar-refractivity contribution in [3.63, 3.8) is 0 Å². The summed E-state index contributed by atoms with van der Waals surface area (Å²) in [4.78, 5) is 11.7. The molecule has 1 aromatic carbocycles. The molecule has 0 aliphatic heterocycles. The Bertz CT molecular complexity index is 417. The molecule has 0 saturated heterocycles. The highest BCUT2D eigenvalue weighted by Crippen LogP contribution is 2.19. The van der Waals surface area contributed by atoms with Gasteiger partial charge in [-0.1, -0.05) is 0 Å². The van der Waals surface area contributed by atoms with E-state index in [-0.39, 0.29) is 23.7 Å². The summed E-state index contributed by atoms with van der Waals surface area (Å²) < 4.78 is 28.1. The van der Waals surface area contributed by atoms with Gasteiger partial charge in [0.1, 0.15) is 5.75 Å². The number of halogens is 2. The Morgan fingerprint density at radius 3 is 2.44 bits per heavy atom. The highest BCUT2D eigenvalue weighted by Gasteiger charge is 2.27. The molecule has 0 heterocycles. The normalized spacial score (nSPS) is 22.4. The predicted octanol–water partition coefficient (Wildman–Crippen LogP) is 1.51. The van der Waals surface area contributed by atoms with Gasteiger partial charge in [0.25, 0.3) is 5.91 Å². The van der Waals surface area contributed by atoms with Crippen LogP contribution < -0.4 is 15.8 Å². The quantitative estimate of drug-likeness (QED) is 0.858. The van der Waals surface area contributed by atoms with Gasteiger partial charge in [-0.05, 0) is 37.1 Å². The lowest BCUT2D eigenvalue weighted by Crippen LogP contribution is -2.50. The van der Waals surface area contributed by atoms with E-state index in [1.807, 2.05) is 0 Å². The van der Waals surface area contributed by atoms with E-state index in [1.165, 1.54) is 24.3 Å². The molecule has 0 radical (unpaired) electrons. The Morgan fingerprint density at radius 2 is 1.94 bits per heavy atom. The fourth-order valence-electron chi connectivity index (χ4n) is 1.84. The number of ether oxygens (including phenoxy) is 1. The third-order valence-electron chi connectivity index (χ3n) is 2.85. The summed E-state index contributed by atoms with van der Waals surface area (Å²) >= 11 is 0. The standard InChI is InChI=1S/C12H14F2N2O2/c13-12(14)18-10-3-1-7(2-4-10)11(17)16-9-5-8(15)6-9/h1-4,8-9,12H,5-6,15H2,(H,16,17). The second-order valence-electron chi connectivity index (χ2n) is 4.30. The Morgan fingerprint density at radius 1 is 1.33 bits per heavy atom. The minimum absolute atomic E-state index is 0.0345. The maximum Gasteiger partial charge on any atom is 0.387 e. The zero-order chi connectivity index (χ0) is 13.1. The number of hydrogen-bond acceptors (Lipinski definition) is 3. The van der Waals surface area contributed by atoms with Gasteiger partial charge < -0.3 is 15.8 Å². The number of hydrogen-bond donors (Lipinski definition) is 2. The van der Waals surface area contributed by atoms with Gasteiger partial charge in [0.05, 0.1) is 0 Å². The first-order chi connectivity index (χ1) is 8.54. The molecule has 1 aliphatic carbocycles. The van der Waals surface area contributed by atoms with Gasteiger partial charge in [0.2, 0.25) is 0 Å². The Balaban J connectivity index is 1.90. The van der Waals surface area contributed by atoms with E-state index in [4.69, 9.17) is 5.73 Å². The predicted molar refractivity (Wildman–Crippen MR) is 61.5 cm³/mol. The SMILES string of the molecule is NC1CC(NC(=O)c2ccc(OC(F)F)cc2)C1. The fraction of sp³-hybridized carbons (Fsp3) is 0.417. The molecule has 98 valence electrons. The van der Waals surface area contributed by atoms with Crippen LogP contribution in [0, 0.1) is 0 Å². The lowest BCUT2D eigenvalue weighted by atomic mass is 9.87. The minimum Gasteiger partial charge on any atom is -0.435 e. The molecule has 18 heavy (non-hydrogen) atoms. The summed E-state index contributed by atoms with van der Waals surface area (Å²) in [5.41, 5.74) is 6.02. The van der Waals surface area contributed by atoms with Crippen molar-refractivity contribution in [1.82, 2.24) is 5.32 Å². The van der Waals surface area contributed by atoms with Gasteiger partial charge >= 0.3 is 6.61 Å². The summed E-state index contributed by atoms with van der Waals surface area (Å²) in [6.45, 7) is -2.86. The Labute approximate surface area is 103 Å². The highest BCUT2D eigenvalue weighted by molar-refractivity contribution is 5.94. The van der Waals surface area contributed by atoms with Gasteiger partial charge in [-0.15, -0.1) is 0 Å². The second-order valence-corrected chi connectivity index (χ2v) is 4.30. The van der Waals surface area contributed by atoms with Crippen LogP contribution in [-0.2, 0) is 0 Å². The molecule has 2 rings (SSSR count). The average Bonchev–Trinajstić information content (AvgIpc) is 2.27. The average molecular weight is 256 g/mol. The number of nitrogens with one attached hydrogen (secondary N) is 1. The van der Waals surface area contributed by atoms with Crippen molar-refractivity contribution < 1.29 is 18.3 Å². The highest BCUT2D eigenvalue weighted by atomic mass is 19.3. The van der Waals surface area contributed by atoms with Gasteiger partial charge in [0.15, 0.2) is 0 Å². The van der Waals surface area contributed by atoms with Crippen molar-refractivity contribution in [2.75, 3.05) is 0 Å². The third-order valence-corrected chi connectivity index (χ3v) is 2.85. The van der Waals surface area contributed by atoms with E-state index in [1.54, 1.807) is 0 Å². The van der Waals surface area contributed by atoms with Crippen LogP contribution in [0.1, 0.15) is 23.2 Å². The van der Waals surface area contributed by atoms with E-state index in [9.17, 15) is 13.6 Å². The van der Waals surface area contributed by atoms with Crippen LogP contribution >= 0.6 is 0 Å². The third kappa shape index (κ3) is 3.16. The topological polar surface area (TPSA) is 64.3 Å². The van der Waals surface area contributed by atoms with Gasteiger partial charge in [-0.25, -0.2) is 0 Å². The number of rotatable bonds is 4. The Hall–Kier alpha value is -1.69. The smallest absolute Gasteiger partial charge is 0.387 e. The van der Waals surface area contributed by atoms with Crippen molar-refractivity contribution in [3.05, 3.63) is 29.8 Å². The van der Waals surface area contributed by atoms with Crippen LogP contribution in [0.25, 0.3) is 0 Å². The molecule has 4 nitrogen and oxygen atoms in total. The van der Waals surface area contributed by atoms with Crippen molar-refractivity contribution in [2.45, 2.75) is 31.5 Å². The number of carbonyl (C=O) groups is 1. The van der Waals surface area contributed by atoms with Crippen LogP contribution in [0.3, 0.4) is 0 Å². The molecule has 0 atom stereocenters.